The van der Waals surface area contributed by atoms with E-state index in [1.54, 1.807) is 6.92 Å². The van der Waals surface area contributed by atoms with Crippen molar-refractivity contribution in [3.05, 3.63) is 0 Å². The molecule has 0 aliphatic carbocycles. The minimum atomic E-state index is -4.41. The summed E-state index contributed by atoms with van der Waals surface area (Å²) in [6.07, 6.45) is -1.32. The van der Waals surface area contributed by atoms with Crippen molar-refractivity contribution in [3.63, 3.8) is 0 Å². The Hall–Kier alpha value is -0.780. The van der Waals surface area contributed by atoms with Crippen molar-refractivity contribution in [2.24, 2.45) is 0 Å². The van der Waals surface area contributed by atoms with Gasteiger partial charge in [-0.2, -0.15) is 13.2 Å². The third-order valence-corrected chi connectivity index (χ3v) is 1.68. The molecule has 3 nitrogen and oxygen atoms in total. The van der Waals surface area contributed by atoms with Gasteiger partial charge in [0.1, 0.15) is 0 Å². The van der Waals surface area contributed by atoms with Crippen LogP contribution >= 0.6 is 0 Å². The van der Waals surface area contributed by atoms with Gasteiger partial charge in [0.25, 0.3) is 0 Å². The maximum atomic E-state index is 11.4. The highest BCUT2D eigenvalue weighted by Crippen LogP contribution is 2.14. The van der Waals surface area contributed by atoms with Crippen molar-refractivity contribution in [3.8, 4) is 0 Å². The number of carbonyl (C=O) groups is 1. The van der Waals surface area contributed by atoms with Gasteiger partial charge < -0.3 is 9.47 Å². The minimum absolute atomic E-state index is 0.0378. The van der Waals surface area contributed by atoms with Crippen LogP contribution in [0.3, 0.4) is 0 Å². The highest BCUT2D eigenvalue weighted by Gasteiger charge is 2.29. The van der Waals surface area contributed by atoms with Gasteiger partial charge in [-0.05, 0) is 19.3 Å². The fourth-order valence-corrected chi connectivity index (χ4v) is 0.949. The van der Waals surface area contributed by atoms with Crippen molar-refractivity contribution in [1.29, 1.82) is 0 Å². The summed E-state index contributed by atoms with van der Waals surface area (Å²) in [5.41, 5.74) is 0. The third kappa shape index (κ3) is 11.3. The predicted octanol–water partition coefficient (Wildman–Crippen LogP) is 2.69. The lowest BCUT2D eigenvalue weighted by Crippen LogP contribution is -2.19. The normalized spacial score (nSPS) is 15.2. The Bertz CT molecular complexity index is 181. The van der Waals surface area contributed by atoms with Crippen LogP contribution in [-0.2, 0) is 14.3 Å². The van der Waals surface area contributed by atoms with Crippen molar-refractivity contribution in [2.45, 2.75) is 38.8 Å². The van der Waals surface area contributed by atoms with Gasteiger partial charge in [0.05, 0.1) is 0 Å². The van der Waals surface area contributed by atoms with Gasteiger partial charge in [-0.1, -0.05) is 6.92 Å². The molecular weight excluding hydrogens is 225 g/mol. The van der Waals surface area contributed by atoms with Crippen LogP contribution in [0.25, 0.3) is 0 Å². The summed E-state index contributed by atoms with van der Waals surface area (Å²) in [6, 6.07) is 0. The van der Waals surface area contributed by atoms with Gasteiger partial charge in [0.15, 0.2) is 6.61 Å². The van der Waals surface area contributed by atoms with Crippen LogP contribution in [0.15, 0.2) is 0 Å². The lowest BCUT2D eigenvalue weighted by molar-refractivity contribution is -0.186. The lowest BCUT2D eigenvalue weighted by atomic mass is 10.3. The molecule has 0 aromatic heterocycles. The molecule has 1 heterocycles. The van der Waals surface area contributed by atoms with Crippen molar-refractivity contribution >= 4 is 5.97 Å². The van der Waals surface area contributed by atoms with E-state index in [1.165, 1.54) is 12.8 Å². The molecule has 0 bridgehead atoms. The number of hydrogen-bond donors (Lipinski definition) is 0. The summed E-state index contributed by atoms with van der Waals surface area (Å²) < 4.78 is 43.0. The number of hydrogen-bond acceptors (Lipinski definition) is 3. The maximum Gasteiger partial charge on any atom is 0.422 e. The van der Waals surface area contributed by atoms with Crippen LogP contribution in [0.4, 0.5) is 13.2 Å². The van der Waals surface area contributed by atoms with Crippen LogP contribution in [0.1, 0.15) is 32.6 Å². The Balaban J connectivity index is 0.000000368. The van der Waals surface area contributed by atoms with E-state index in [4.69, 9.17) is 4.74 Å². The summed E-state index contributed by atoms with van der Waals surface area (Å²) in [7, 11) is 0. The molecule has 0 amide bonds. The Morgan fingerprint density at radius 3 is 2.19 bits per heavy atom. The number of rotatable bonds is 3. The van der Waals surface area contributed by atoms with Crippen LogP contribution in [0.2, 0.25) is 0 Å². The van der Waals surface area contributed by atoms with Crippen molar-refractivity contribution in [1.82, 2.24) is 0 Å². The van der Waals surface area contributed by atoms with Crippen LogP contribution in [0, 0.1) is 0 Å². The van der Waals surface area contributed by atoms with E-state index < -0.39 is 18.8 Å². The second-order valence-corrected chi connectivity index (χ2v) is 3.35. The summed E-state index contributed by atoms with van der Waals surface area (Å²) >= 11 is 0. The van der Waals surface area contributed by atoms with Gasteiger partial charge >= 0.3 is 12.1 Å². The monoisotopic (exact) mass is 242 g/mol. The second-order valence-electron chi connectivity index (χ2n) is 3.35. The van der Waals surface area contributed by atoms with Gasteiger partial charge in [0, 0.05) is 19.6 Å². The van der Waals surface area contributed by atoms with E-state index in [0.29, 0.717) is 6.42 Å². The van der Waals surface area contributed by atoms with E-state index in [0.717, 1.165) is 13.2 Å². The van der Waals surface area contributed by atoms with Crippen LogP contribution in [0.5, 0.6) is 0 Å². The van der Waals surface area contributed by atoms with E-state index in [-0.39, 0.29) is 6.42 Å². The van der Waals surface area contributed by atoms with Gasteiger partial charge in [-0.3, -0.25) is 4.79 Å². The summed E-state index contributed by atoms with van der Waals surface area (Å²) in [4.78, 5) is 10.4. The van der Waals surface area contributed by atoms with Crippen LogP contribution < -0.4 is 0 Å². The highest BCUT2D eigenvalue weighted by molar-refractivity contribution is 5.69. The SMILES string of the molecule is C1CCOC1.CCCC(=O)OCC(F)(F)F. The molecule has 1 fully saturated rings. The fourth-order valence-electron chi connectivity index (χ4n) is 0.949. The average Bonchev–Trinajstić information content (AvgIpc) is 2.72. The molecule has 1 aliphatic rings. The molecular formula is C10H17F3O3. The summed E-state index contributed by atoms with van der Waals surface area (Å²) in [5, 5.41) is 0. The molecule has 0 saturated carbocycles. The molecule has 6 heteroatoms. The first kappa shape index (κ1) is 15.2. The third-order valence-electron chi connectivity index (χ3n) is 1.68. The number of halogens is 3. The molecule has 0 atom stereocenters. The first-order valence-corrected chi connectivity index (χ1v) is 5.26. The number of alkyl halides is 3. The Morgan fingerprint density at radius 2 is 1.88 bits per heavy atom. The van der Waals surface area contributed by atoms with Gasteiger partial charge in [0.2, 0.25) is 0 Å². The predicted molar refractivity (Wildman–Crippen MR) is 52.0 cm³/mol. The second kappa shape index (κ2) is 8.38. The molecule has 1 saturated heterocycles. The van der Waals surface area contributed by atoms with Crippen LogP contribution in [-0.4, -0.2) is 32.0 Å². The van der Waals surface area contributed by atoms with E-state index in [2.05, 4.69) is 4.74 Å². The topological polar surface area (TPSA) is 35.5 Å². The smallest absolute Gasteiger partial charge is 0.422 e. The Labute approximate surface area is 92.9 Å². The number of esters is 1. The molecule has 0 aromatic carbocycles. The standard InChI is InChI=1S/C6H9F3O2.C4H8O/c1-2-3-5(10)11-4-6(7,8)9;1-2-4-5-3-1/h2-4H2,1H3;1-4H2. The molecule has 0 spiro atoms. The van der Waals surface area contributed by atoms with Crippen molar-refractivity contribution < 1.29 is 27.4 Å². The minimum Gasteiger partial charge on any atom is -0.456 e. The zero-order valence-corrected chi connectivity index (χ0v) is 9.31. The zero-order chi connectivity index (χ0) is 12.4. The van der Waals surface area contributed by atoms with E-state index in [1.807, 2.05) is 0 Å². The largest absolute Gasteiger partial charge is 0.456 e. The quantitative estimate of drug-likeness (QED) is 0.714. The van der Waals surface area contributed by atoms with E-state index in [9.17, 15) is 18.0 Å². The van der Waals surface area contributed by atoms with Gasteiger partial charge in [-0.15, -0.1) is 0 Å². The number of ether oxygens (including phenoxy) is 2. The molecule has 0 radical (unpaired) electrons. The zero-order valence-electron chi connectivity index (χ0n) is 9.31. The first-order valence-electron chi connectivity index (χ1n) is 5.26. The molecule has 16 heavy (non-hydrogen) atoms. The van der Waals surface area contributed by atoms with Crippen molar-refractivity contribution in [2.75, 3.05) is 19.8 Å². The average molecular weight is 242 g/mol. The molecule has 0 unspecified atom stereocenters. The number of carbonyl (C=O) groups excluding carboxylic acids is 1. The van der Waals surface area contributed by atoms with Gasteiger partial charge in [-0.25, -0.2) is 0 Å². The molecule has 0 aromatic rings. The Morgan fingerprint density at radius 1 is 1.31 bits per heavy atom. The highest BCUT2D eigenvalue weighted by atomic mass is 19.4. The molecule has 1 rings (SSSR count). The van der Waals surface area contributed by atoms with E-state index >= 15 is 0 Å². The molecule has 0 N–H and O–H groups in total. The molecule has 1 aliphatic heterocycles. The summed E-state index contributed by atoms with van der Waals surface area (Å²) in [5.74, 6) is -0.801. The Kier molecular flexibility index (Phi) is 7.97. The maximum absolute atomic E-state index is 11.4. The molecule has 96 valence electrons. The fraction of sp³-hybridized carbons (Fsp3) is 0.900. The first-order chi connectivity index (χ1) is 7.45. The lowest BCUT2D eigenvalue weighted by Gasteiger charge is -2.06. The summed E-state index contributed by atoms with van der Waals surface area (Å²) in [6.45, 7) is 2.21.